The molecule has 23 heavy (non-hydrogen) atoms. The van der Waals surface area contributed by atoms with Crippen molar-refractivity contribution in [2.45, 2.75) is 33.1 Å². The summed E-state index contributed by atoms with van der Waals surface area (Å²) in [6.07, 6.45) is 2.97. The molecule has 1 unspecified atom stereocenters. The van der Waals surface area contributed by atoms with Crippen molar-refractivity contribution in [2.75, 3.05) is 7.05 Å². The van der Waals surface area contributed by atoms with E-state index in [0.29, 0.717) is 5.92 Å². The molecule has 1 heteroatoms. The van der Waals surface area contributed by atoms with Gasteiger partial charge in [0.25, 0.3) is 0 Å². The van der Waals surface area contributed by atoms with Crippen LogP contribution in [-0.4, -0.2) is 12.8 Å². The van der Waals surface area contributed by atoms with Gasteiger partial charge in [-0.15, -0.1) is 0 Å². The first-order chi connectivity index (χ1) is 11.1. The average molecular weight is 305 g/mol. The Bertz CT molecular complexity index is 650. The van der Waals surface area contributed by atoms with Gasteiger partial charge in [-0.1, -0.05) is 80.6 Å². The highest BCUT2D eigenvalue weighted by Gasteiger charge is 2.10. The Balaban J connectivity index is 2.03. The fourth-order valence-corrected chi connectivity index (χ4v) is 2.77. The molecule has 0 aliphatic heterocycles. The maximum absolute atomic E-state index is 4.50. The molecule has 0 aliphatic carbocycles. The van der Waals surface area contributed by atoms with Crippen LogP contribution in [0.25, 0.3) is 11.1 Å². The van der Waals surface area contributed by atoms with Crippen molar-refractivity contribution >= 4 is 5.71 Å². The van der Waals surface area contributed by atoms with Crippen LogP contribution >= 0.6 is 0 Å². The normalized spacial score (nSPS) is 12.9. The van der Waals surface area contributed by atoms with Crippen LogP contribution in [0.15, 0.2) is 71.7 Å². The molecule has 0 amide bonds. The lowest BCUT2D eigenvalue weighted by atomic mass is 9.92. The van der Waals surface area contributed by atoms with E-state index in [9.17, 15) is 0 Å². The number of hydrogen-bond donors (Lipinski definition) is 0. The predicted molar refractivity (Wildman–Crippen MR) is 102 cm³/mol. The molecule has 1 atom stereocenters. The summed E-state index contributed by atoms with van der Waals surface area (Å²) in [6.45, 7) is 8.57. The van der Waals surface area contributed by atoms with Gasteiger partial charge in [0.05, 0.1) is 0 Å². The summed E-state index contributed by atoms with van der Waals surface area (Å²) in [4.78, 5) is 4.50. The van der Waals surface area contributed by atoms with Crippen molar-refractivity contribution in [1.29, 1.82) is 0 Å². The second-order valence-corrected chi connectivity index (χ2v) is 6.15. The van der Waals surface area contributed by atoms with Crippen LogP contribution in [0.1, 0.15) is 32.3 Å². The van der Waals surface area contributed by atoms with Crippen molar-refractivity contribution in [3.63, 3.8) is 0 Å². The van der Waals surface area contributed by atoms with Gasteiger partial charge < -0.3 is 0 Å². The topological polar surface area (TPSA) is 12.4 Å². The fraction of sp³-hybridized carbons (Fsp3) is 0.318. The van der Waals surface area contributed by atoms with Gasteiger partial charge in [-0.25, -0.2) is 0 Å². The van der Waals surface area contributed by atoms with Gasteiger partial charge in [-0.05, 0) is 35.4 Å². The number of rotatable bonds is 7. The summed E-state index contributed by atoms with van der Waals surface area (Å²) in [5, 5.41) is 0. The summed E-state index contributed by atoms with van der Waals surface area (Å²) in [5.41, 5.74) is 6.40. The first-order valence-electron chi connectivity index (χ1n) is 8.40. The lowest BCUT2D eigenvalue weighted by molar-refractivity contribution is 0.685. The first kappa shape index (κ1) is 17.2. The van der Waals surface area contributed by atoms with Crippen LogP contribution in [0, 0.1) is 5.92 Å². The number of hydrogen-bond acceptors (Lipinski definition) is 1. The summed E-state index contributed by atoms with van der Waals surface area (Å²) in [6, 6.07) is 19.3. The van der Waals surface area contributed by atoms with E-state index in [4.69, 9.17) is 0 Å². The van der Waals surface area contributed by atoms with Crippen molar-refractivity contribution < 1.29 is 0 Å². The Morgan fingerprint density at radius 3 is 2.17 bits per heavy atom. The Morgan fingerprint density at radius 1 is 1.00 bits per heavy atom. The average Bonchev–Trinajstić information content (AvgIpc) is 2.61. The second kappa shape index (κ2) is 8.47. The van der Waals surface area contributed by atoms with Gasteiger partial charge in [0.1, 0.15) is 0 Å². The maximum atomic E-state index is 4.50. The highest BCUT2D eigenvalue weighted by Crippen LogP contribution is 2.21. The minimum absolute atomic E-state index is 0.502. The number of nitrogens with zero attached hydrogens (tertiary/aromatic N) is 1. The minimum atomic E-state index is 0.502. The largest absolute Gasteiger partial charge is 0.297 e. The molecule has 1 nitrogen and oxygen atoms in total. The van der Waals surface area contributed by atoms with Crippen molar-refractivity contribution in [3.05, 3.63) is 72.3 Å². The number of allylic oxidation sites excluding steroid dienone is 1. The molecule has 2 aromatic rings. The quantitative estimate of drug-likeness (QED) is 0.442. The molecule has 0 fully saturated rings. The zero-order valence-electron chi connectivity index (χ0n) is 14.5. The van der Waals surface area contributed by atoms with E-state index in [1.54, 1.807) is 0 Å². The predicted octanol–water partition coefficient (Wildman–Crippen LogP) is 5.96. The summed E-state index contributed by atoms with van der Waals surface area (Å²) in [7, 11) is 1.90. The first-order valence-corrected chi connectivity index (χ1v) is 8.40. The lowest BCUT2D eigenvalue weighted by Gasteiger charge is -2.15. The number of benzene rings is 2. The Morgan fingerprint density at radius 2 is 1.61 bits per heavy atom. The molecule has 0 saturated heterocycles. The van der Waals surface area contributed by atoms with Gasteiger partial charge >= 0.3 is 0 Å². The third kappa shape index (κ3) is 4.92. The van der Waals surface area contributed by atoms with E-state index in [1.165, 1.54) is 28.0 Å². The summed E-state index contributed by atoms with van der Waals surface area (Å²) < 4.78 is 0. The molecular formula is C22H27N. The molecule has 0 bridgehead atoms. The smallest absolute Gasteiger partial charge is 0.0276 e. The summed E-state index contributed by atoms with van der Waals surface area (Å²) in [5.74, 6) is 0.502. The highest BCUT2D eigenvalue weighted by atomic mass is 14.7. The van der Waals surface area contributed by atoms with Crippen LogP contribution in [0.2, 0.25) is 0 Å². The van der Waals surface area contributed by atoms with E-state index in [1.807, 2.05) is 13.1 Å². The van der Waals surface area contributed by atoms with Crippen LogP contribution in [0.3, 0.4) is 0 Å². The number of aliphatic imine (C=N–C) groups is 1. The molecule has 120 valence electrons. The standard InChI is InChI=1S/C22H27N/c1-5-17(2)18(3)15-22(23-4)16-19-11-13-21(14-12-19)20-9-7-6-8-10-20/h6-14,18H,2,5,15-16H2,1,3-4H3. The van der Waals surface area contributed by atoms with Gasteiger partial charge in [0.15, 0.2) is 0 Å². The molecule has 0 heterocycles. The molecule has 2 rings (SSSR count). The van der Waals surface area contributed by atoms with Crippen LogP contribution in [-0.2, 0) is 6.42 Å². The molecule has 0 spiro atoms. The minimum Gasteiger partial charge on any atom is -0.297 e. The Hall–Kier alpha value is -2.15. The van der Waals surface area contributed by atoms with Gasteiger partial charge in [-0.3, -0.25) is 4.99 Å². The SMILES string of the molecule is C=C(CC)C(C)CC(Cc1ccc(-c2ccccc2)cc1)=NC. The van der Waals surface area contributed by atoms with Crippen LogP contribution < -0.4 is 0 Å². The third-order valence-electron chi connectivity index (χ3n) is 4.48. The van der Waals surface area contributed by atoms with E-state index < -0.39 is 0 Å². The molecule has 0 aliphatic rings. The van der Waals surface area contributed by atoms with Crippen LogP contribution in [0.5, 0.6) is 0 Å². The van der Waals surface area contributed by atoms with Crippen molar-refractivity contribution in [2.24, 2.45) is 10.9 Å². The zero-order valence-corrected chi connectivity index (χ0v) is 14.5. The van der Waals surface area contributed by atoms with E-state index in [-0.39, 0.29) is 0 Å². The third-order valence-corrected chi connectivity index (χ3v) is 4.48. The van der Waals surface area contributed by atoms with E-state index >= 15 is 0 Å². The summed E-state index contributed by atoms with van der Waals surface area (Å²) >= 11 is 0. The Labute approximate surface area is 140 Å². The van der Waals surface area contributed by atoms with Crippen LogP contribution in [0.4, 0.5) is 0 Å². The molecular weight excluding hydrogens is 278 g/mol. The van der Waals surface area contributed by atoms with E-state index in [0.717, 1.165) is 19.3 Å². The lowest BCUT2D eigenvalue weighted by Crippen LogP contribution is -2.10. The molecule has 0 N–H and O–H groups in total. The van der Waals surface area contributed by atoms with Gasteiger partial charge in [0.2, 0.25) is 0 Å². The molecule has 0 saturated carbocycles. The van der Waals surface area contributed by atoms with Crippen molar-refractivity contribution in [1.82, 2.24) is 0 Å². The maximum Gasteiger partial charge on any atom is 0.0276 e. The monoisotopic (exact) mass is 305 g/mol. The fourth-order valence-electron chi connectivity index (χ4n) is 2.77. The van der Waals surface area contributed by atoms with Gasteiger partial charge in [-0.2, -0.15) is 0 Å². The highest BCUT2D eigenvalue weighted by molar-refractivity contribution is 5.87. The Kier molecular flexibility index (Phi) is 6.34. The van der Waals surface area contributed by atoms with Crippen molar-refractivity contribution in [3.8, 4) is 11.1 Å². The molecule has 0 radical (unpaired) electrons. The zero-order chi connectivity index (χ0) is 16.7. The molecule has 0 aromatic heterocycles. The second-order valence-electron chi connectivity index (χ2n) is 6.15. The van der Waals surface area contributed by atoms with Gasteiger partial charge in [0, 0.05) is 19.2 Å². The van der Waals surface area contributed by atoms with E-state index in [2.05, 4.69) is 73.9 Å². The molecule has 2 aromatic carbocycles.